The van der Waals surface area contributed by atoms with Crippen LogP contribution in [0.1, 0.15) is 28.4 Å². The third-order valence-electron chi connectivity index (χ3n) is 2.78. The van der Waals surface area contributed by atoms with E-state index in [1.165, 1.54) is 6.20 Å². The SMILES string of the molecule is CCOC(=O)c1cnn(-c2ccc(CO)cc2C)c1. The predicted molar refractivity (Wildman–Crippen MR) is 70.2 cm³/mol. The van der Waals surface area contributed by atoms with Gasteiger partial charge in [-0.15, -0.1) is 0 Å². The number of carbonyl (C=O) groups excluding carboxylic acids is 1. The minimum Gasteiger partial charge on any atom is -0.462 e. The smallest absolute Gasteiger partial charge is 0.341 e. The molecule has 0 saturated heterocycles. The molecule has 1 aromatic heterocycles. The molecular formula is C14H16N2O3. The van der Waals surface area contributed by atoms with Crippen molar-refractivity contribution in [2.45, 2.75) is 20.5 Å². The van der Waals surface area contributed by atoms with Crippen LogP contribution in [0.3, 0.4) is 0 Å². The van der Waals surface area contributed by atoms with E-state index in [4.69, 9.17) is 9.84 Å². The van der Waals surface area contributed by atoms with E-state index < -0.39 is 0 Å². The monoisotopic (exact) mass is 260 g/mol. The van der Waals surface area contributed by atoms with Crippen molar-refractivity contribution < 1.29 is 14.6 Å². The lowest BCUT2D eigenvalue weighted by molar-refractivity contribution is 0.0526. The highest BCUT2D eigenvalue weighted by Gasteiger charge is 2.11. The maximum absolute atomic E-state index is 11.6. The third-order valence-corrected chi connectivity index (χ3v) is 2.78. The van der Waals surface area contributed by atoms with Gasteiger partial charge in [0.05, 0.1) is 30.7 Å². The number of hydrogen-bond donors (Lipinski definition) is 1. The Morgan fingerprint density at radius 1 is 1.47 bits per heavy atom. The van der Waals surface area contributed by atoms with Gasteiger partial charge in [-0.2, -0.15) is 5.10 Å². The number of aliphatic hydroxyl groups is 1. The minimum absolute atomic E-state index is 0.00824. The van der Waals surface area contributed by atoms with Crippen molar-refractivity contribution in [3.63, 3.8) is 0 Å². The molecule has 5 nitrogen and oxygen atoms in total. The van der Waals surface area contributed by atoms with Gasteiger partial charge in [0.15, 0.2) is 0 Å². The summed E-state index contributed by atoms with van der Waals surface area (Å²) in [6.45, 7) is 4.04. The maximum atomic E-state index is 11.6. The molecule has 1 N–H and O–H groups in total. The molecule has 0 aliphatic heterocycles. The highest BCUT2D eigenvalue weighted by atomic mass is 16.5. The molecule has 1 heterocycles. The predicted octanol–water partition coefficient (Wildman–Crippen LogP) is 1.85. The first-order chi connectivity index (χ1) is 9.15. The second-order valence-electron chi connectivity index (χ2n) is 4.17. The number of nitrogens with zero attached hydrogens (tertiary/aromatic N) is 2. The molecule has 0 bridgehead atoms. The van der Waals surface area contributed by atoms with Gasteiger partial charge in [0.1, 0.15) is 0 Å². The van der Waals surface area contributed by atoms with Gasteiger partial charge in [0, 0.05) is 6.20 Å². The van der Waals surface area contributed by atoms with Crippen LogP contribution in [0.15, 0.2) is 30.6 Å². The van der Waals surface area contributed by atoms with Crippen molar-refractivity contribution in [3.05, 3.63) is 47.3 Å². The summed E-state index contributed by atoms with van der Waals surface area (Å²) in [7, 11) is 0. The van der Waals surface area contributed by atoms with Crippen molar-refractivity contribution in [3.8, 4) is 5.69 Å². The van der Waals surface area contributed by atoms with Crippen molar-refractivity contribution in [1.29, 1.82) is 0 Å². The number of aliphatic hydroxyl groups excluding tert-OH is 1. The lowest BCUT2D eigenvalue weighted by Gasteiger charge is -2.07. The van der Waals surface area contributed by atoms with Gasteiger partial charge >= 0.3 is 5.97 Å². The van der Waals surface area contributed by atoms with Gasteiger partial charge in [0.25, 0.3) is 0 Å². The topological polar surface area (TPSA) is 64.3 Å². The first-order valence-corrected chi connectivity index (χ1v) is 6.08. The molecule has 1 aromatic carbocycles. The van der Waals surface area contributed by atoms with Gasteiger partial charge in [0.2, 0.25) is 0 Å². The molecule has 100 valence electrons. The summed E-state index contributed by atoms with van der Waals surface area (Å²) in [5, 5.41) is 13.2. The molecule has 2 aromatic rings. The third kappa shape index (κ3) is 2.82. The largest absolute Gasteiger partial charge is 0.462 e. The fourth-order valence-electron chi connectivity index (χ4n) is 1.85. The van der Waals surface area contributed by atoms with Gasteiger partial charge in [-0.05, 0) is 31.0 Å². The van der Waals surface area contributed by atoms with Crippen LogP contribution < -0.4 is 0 Å². The summed E-state index contributed by atoms with van der Waals surface area (Å²) in [4.78, 5) is 11.6. The fraction of sp³-hybridized carbons (Fsp3) is 0.286. The highest BCUT2D eigenvalue weighted by Crippen LogP contribution is 2.16. The number of aryl methyl sites for hydroxylation is 1. The Morgan fingerprint density at radius 2 is 2.26 bits per heavy atom. The van der Waals surface area contributed by atoms with Crippen LogP contribution in [0.25, 0.3) is 5.69 Å². The zero-order valence-corrected chi connectivity index (χ0v) is 11.0. The Kier molecular flexibility index (Phi) is 3.97. The van der Waals surface area contributed by atoms with E-state index in [1.54, 1.807) is 17.8 Å². The van der Waals surface area contributed by atoms with Crippen molar-refractivity contribution in [2.75, 3.05) is 6.61 Å². The molecular weight excluding hydrogens is 244 g/mol. The van der Waals surface area contributed by atoms with Crippen molar-refractivity contribution in [2.24, 2.45) is 0 Å². The first kappa shape index (κ1) is 13.3. The number of carbonyl (C=O) groups is 1. The van der Waals surface area contributed by atoms with Crippen molar-refractivity contribution in [1.82, 2.24) is 9.78 Å². The van der Waals surface area contributed by atoms with Crippen LogP contribution in [0.2, 0.25) is 0 Å². The molecule has 0 aliphatic rings. The summed E-state index contributed by atoms with van der Waals surface area (Å²) in [6.07, 6.45) is 3.12. The fourth-order valence-corrected chi connectivity index (χ4v) is 1.85. The molecule has 0 amide bonds. The van der Waals surface area contributed by atoms with Gasteiger partial charge in [-0.3, -0.25) is 0 Å². The molecule has 19 heavy (non-hydrogen) atoms. The van der Waals surface area contributed by atoms with Gasteiger partial charge < -0.3 is 9.84 Å². The van der Waals surface area contributed by atoms with Crippen LogP contribution >= 0.6 is 0 Å². The Hall–Kier alpha value is -2.14. The van der Waals surface area contributed by atoms with E-state index in [2.05, 4.69) is 5.10 Å². The maximum Gasteiger partial charge on any atom is 0.341 e. The molecule has 0 spiro atoms. The summed E-state index contributed by atoms with van der Waals surface area (Å²) < 4.78 is 6.55. The van der Waals surface area contributed by atoms with Gasteiger partial charge in [-0.25, -0.2) is 9.48 Å². The van der Waals surface area contributed by atoms with Crippen LogP contribution in [0.4, 0.5) is 0 Å². The lowest BCUT2D eigenvalue weighted by Crippen LogP contribution is -2.03. The van der Waals surface area contributed by atoms with E-state index in [0.29, 0.717) is 12.2 Å². The second kappa shape index (κ2) is 5.67. The number of benzene rings is 1. The van der Waals surface area contributed by atoms with E-state index in [9.17, 15) is 4.79 Å². The molecule has 5 heteroatoms. The zero-order chi connectivity index (χ0) is 13.8. The minimum atomic E-state index is -0.376. The quantitative estimate of drug-likeness (QED) is 0.852. The standard InChI is InChI=1S/C14H16N2O3/c1-3-19-14(18)12-7-15-16(8-12)13-5-4-11(9-17)6-10(13)2/h4-8,17H,3,9H2,1-2H3. The van der Waals surface area contributed by atoms with Crippen LogP contribution in [-0.2, 0) is 11.3 Å². The Balaban J connectivity index is 2.30. The lowest BCUT2D eigenvalue weighted by atomic mass is 10.1. The zero-order valence-electron chi connectivity index (χ0n) is 11.0. The van der Waals surface area contributed by atoms with E-state index in [0.717, 1.165) is 16.8 Å². The molecule has 0 atom stereocenters. The summed E-state index contributed by atoms with van der Waals surface area (Å²) in [6, 6.07) is 5.58. The van der Waals surface area contributed by atoms with Crippen LogP contribution in [-0.4, -0.2) is 27.5 Å². The number of rotatable bonds is 4. The molecule has 0 unspecified atom stereocenters. The van der Waals surface area contributed by atoms with E-state index in [-0.39, 0.29) is 12.6 Å². The Labute approximate surface area is 111 Å². The van der Waals surface area contributed by atoms with Crippen LogP contribution in [0.5, 0.6) is 0 Å². The summed E-state index contributed by atoms with van der Waals surface area (Å²) in [5.74, 6) is -0.376. The summed E-state index contributed by atoms with van der Waals surface area (Å²) in [5.41, 5.74) is 3.12. The normalized spacial score (nSPS) is 10.5. The first-order valence-electron chi connectivity index (χ1n) is 6.08. The van der Waals surface area contributed by atoms with E-state index >= 15 is 0 Å². The Bertz CT molecular complexity index is 590. The molecule has 0 aliphatic carbocycles. The average Bonchev–Trinajstić information content (AvgIpc) is 2.88. The number of aromatic nitrogens is 2. The Morgan fingerprint density at radius 3 is 2.89 bits per heavy atom. The number of ether oxygens (including phenoxy) is 1. The number of esters is 1. The van der Waals surface area contributed by atoms with Crippen molar-refractivity contribution >= 4 is 5.97 Å². The van der Waals surface area contributed by atoms with Crippen LogP contribution in [0, 0.1) is 6.92 Å². The molecule has 2 rings (SSSR count). The molecule has 0 radical (unpaired) electrons. The number of hydrogen-bond acceptors (Lipinski definition) is 4. The average molecular weight is 260 g/mol. The van der Waals surface area contributed by atoms with E-state index in [1.807, 2.05) is 25.1 Å². The second-order valence-corrected chi connectivity index (χ2v) is 4.17. The molecule has 0 fully saturated rings. The summed E-state index contributed by atoms with van der Waals surface area (Å²) >= 11 is 0. The highest BCUT2D eigenvalue weighted by molar-refractivity contribution is 5.88. The van der Waals surface area contributed by atoms with Gasteiger partial charge in [-0.1, -0.05) is 12.1 Å². The molecule has 0 saturated carbocycles.